The van der Waals surface area contributed by atoms with E-state index in [1.807, 2.05) is 68.7 Å². The van der Waals surface area contributed by atoms with E-state index < -0.39 is 0 Å². The first-order chi connectivity index (χ1) is 16.4. The zero-order valence-corrected chi connectivity index (χ0v) is 20.6. The lowest BCUT2D eigenvalue weighted by atomic mass is 10.1. The summed E-state index contributed by atoms with van der Waals surface area (Å²) in [4.78, 5) is 29.4. The van der Waals surface area contributed by atoms with Gasteiger partial charge in [-0.05, 0) is 26.0 Å². The van der Waals surface area contributed by atoms with Gasteiger partial charge in [0.05, 0.1) is 17.5 Å². The van der Waals surface area contributed by atoms with Crippen molar-refractivity contribution in [3.05, 3.63) is 76.9 Å². The lowest BCUT2D eigenvalue weighted by Gasteiger charge is -2.13. The molecule has 0 spiro atoms. The van der Waals surface area contributed by atoms with Crippen LogP contribution in [0.3, 0.4) is 0 Å². The number of amides is 2. The SMILES string of the molecule is Cc1ccc(-c2csc(NC(=O)CSc3nnc([C@H](C)NC(=O)c4ccccc4)n3C)n2)cc1. The van der Waals surface area contributed by atoms with E-state index in [2.05, 4.69) is 25.8 Å². The second kappa shape index (κ2) is 10.6. The summed E-state index contributed by atoms with van der Waals surface area (Å²) in [6.07, 6.45) is 0. The van der Waals surface area contributed by atoms with Crippen LogP contribution in [0.25, 0.3) is 11.3 Å². The fourth-order valence-corrected chi connectivity index (χ4v) is 4.69. The topological polar surface area (TPSA) is 102 Å². The van der Waals surface area contributed by atoms with Crippen LogP contribution in [0, 0.1) is 6.92 Å². The van der Waals surface area contributed by atoms with Crippen LogP contribution in [-0.4, -0.2) is 37.3 Å². The third kappa shape index (κ3) is 5.70. The van der Waals surface area contributed by atoms with Crippen molar-refractivity contribution in [1.29, 1.82) is 0 Å². The number of thioether (sulfide) groups is 1. The Morgan fingerprint density at radius 3 is 2.56 bits per heavy atom. The molecule has 0 fully saturated rings. The lowest BCUT2D eigenvalue weighted by Crippen LogP contribution is -2.28. The van der Waals surface area contributed by atoms with E-state index in [1.54, 1.807) is 16.7 Å². The summed E-state index contributed by atoms with van der Waals surface area (Å²) < 4.78 is 1.78. The van der Waals surface area contributed by atoms with E-state index in [9.17, 15) is 9.59 Å². The summed E-state index contributed by atoms with van der Waals surface area (Å²) in [6, 6.07) is 16.8. The summed E-state index contributed by atoms with van der Waals surface area (Å²) in [7, 11) is 1.81. The molecule has 4 aromatic rings. The molecule has 2 aromatic heterocycles. The Kier molecular flexibility index (Phi) is 7.39. The molecule has 0 unspecified atom stereocenters. The number of anilines is 1. The van der Waals surface area contributed by atoms with Crippen molar-refractivity contribution in [3.8, 4) is 11.3 Å². The van der Waals surface area contributed by atoms with Crippen LogP contribution < -0.4 is 10.6 Å². The molecule has 2 N–H and O–H groups in total. The Hall–Kier alpha value is -3.50. The van der Waals surface area contributed by atoms with Gasteiger partial charge in [0.15, 0.2) is 16.1 Å². The average molecular weight is 493 g/mol. The van der Waals surface area contributed by atoms with Crippen LogP contribution in [0.4, 0.5) is 5.13 Å². The molecular formula is C24H24N6O2S2. The molecule has 2 heterocycles. The summed E-state index contributed by atoms with van der Waals surface area (Å²) in [5, 5.41) is 17.2. The second-order valence-corrected chi connectivity index (χ2v) is 9.50. The molecule has 0 aliphatic rings. The number of hydrogen-bond acceptors (Lipinski definition) is 7. The highest BCUT2D eigenvalue weighted by molar-refractivity contribution is 7.99. The Bertz CT molecular complexity index is 1280. The average Bonchev–Trinajstić information content (AvgIpc) is 3.45. The number of aryl methyl sites for hydroxylation is 1. The predicted molar refractivity (Wildman–Crippen MR) is 135 cm³/mol. The summed E-state index contributed by atoms with van der Waals surface area (Å²) in [5.74, 6) is 0.411. The highest BCUT2D eigenvalue weighted by Gasteiger charge is 2.19. The Labute approximate surface area is 205 Å². The number of aromatic nitrogens is 4. The number of carbonyl (C=O) groups excluding carboxylic acids is 2. The monoisotopic (exact) mass is 492 g/mol. The predicted octanol–water partition coefficient (Wildman–Crippen LogP) is 4.47. The lowest BCUT2D eigenvalue weighted by molar-refractivity contribution is -0.113. The van der Waals surface area contributed by atoms with Gasteiger partial charge in [-0.2, -0.15) is 0 Å². The van der Waals surface area contributed by atoms with Crippen molar-refractivity contribution in [1.82, 2.24) is 25.1 Å². The fraction of sp³-hybridized carbons (Fsp3) is 0.208. The molecule has 10 heteroatoms. The minimum Gasteiger partial charge on any atom is -0.342 e. The van der Waals surface area contributed by atoms with E-state index in [0.29, 0.717) is 21.7 Å². The number of rotatable bonds is 8. The summed E-state index contributed by atoms with van der Waals surface area (Å²) >= 11 is 2.66. The van der Waals surface area contributed by atoms with Crippen molar-refractivity contribution in [3.63, 3.8) is 0 Å². The zero-order chi connectivity index (χ0) is 24.1. The molecule has 2 aromatic carbocycles. The van der Waals surface area contributed by atoms with Crippen molar-refractivity contribution in [2.45, 2.75) is 25.0 Å². The molecule has 0 radical (unpaired) electrons. The van der Waals surface area contributed by atoms with Crippen molar-refractivity contribution < 1.29 is 9.59 Å². The highest BCUT2D eigenvalue weighted by Crippen LogP contribution is 2.26. The van der Waals surface area contributed by atoms with Crippen LogP contribution in [0.15, 0.2) is 65.1 Å². The van der Waals surface area contributed by atoms with Crippen LogP contribution in [0.1, 0.15) is 34.7 Å². The first-order valence-corrected chi connectivity index (χ1v) is 12.5. The fourth-order valence-electron chi connectivity index (χ4n) is 3.24. The minimum absolute atomic E-state index is 0.163. The summed E-state index contributed by atoms with van der Waals surface area (Å²) in [5.41, 5.74) is 3.61. The maximum absolute atomic E-state index is 12.5. The smallest absolute Gasteiger partial charge is 0.251 e. The van der Waals surface area contributed by atoms with Gasteiger partial charge in [-0.1, -0.05) is 59.8 Å². The number of hydrogen-bond donors (Lipinski definition) is 2. The van der Waals surface area contributed by atoms with E-state index >= 15 is 0 Å². The maximum atomic E-state index is 12.5. The van der Waals surface area contributed by atoms with E-state index in [4.69, 9.17) is 0 Å². The summed E-state index contributed by atoms with van der Waals surface area (Å²) in [6.45, 7) is 3.88. The zero-order valence-electron chi connectivity index (χ0n) is 19.0. The van der Waals surface area contributed by atoms with Gasteiger partial charge >= 0.3 is 0 Å². The van der Waals surface area contributed by atoms with E-state index in [0.717, 1.165) is 11.3 Å². The standard InChI is InChI=1S/C24H24N6O2S2/c1-15-9-11-17(12-10-15)19-13-33-23(26-19)27-20(31)14-34-24-29-28-21(30(24)3)16(2)25-22(32)18-7-5-4-6-8-18/h4-13,16H,14H2,1-3H3,(H,25,32)(H,26,27,31)/t16-/m0/s1. The van der Waals surface area contributed by atoms with Gasteiger partial charge in [0.25, 0.3) is 5.91 Å². The number of thiazole rings is 1. The van der Waals surface area contributed by atoms with Crippen LogP contribution in [-0.2, 0) is 11.8 Å². The number of nitrogens with one attached hydrogen (secondary N) is 2. The molecule has 174 valence electrons. The molecule has 0 aliphatic carbocycles. The molecule has 2 amide bonds. The number of carbonyl (C=O) groups is 2. The van der Waals surface area contributed by atoms with Crippen molar-refractivity contribution in [2.75, 3.05) is 11.1 Å². The Morgan fingerprint density at radius 2 is 1.82 bits per heavy atom. The van der Waals surface area contributed by atoms with Gasteiger partial charge in [-0.3, -0.25) is 9.59 Å². The largest absolute Gasteiger partial charge is 0.342 e. The second-order valence-electron chi connectivity index (χ2n) is 7.70. The van der Waals surface area contributed by atoms with Crippen LogP contribution in [0.2, 0.25) is 0 Å². The van der Waals surface area contributed by atoms with Crippen LogP contribution >= 0.6 is 23.1 Å². The molecular weight excluding hydrogens is 468 g/mol. The first-order valence-electron chi connectivity index (χ1n) is 10.6. The Morgan fingerprint density at radius 1 is 1.09 bits per heavy atom. The third-order valence-corrected chi connectivity index (χ3v) is 6.85. The molecule has 1 atom stereocenters. The molecule has 8 nitrogen and oxygen atoms in total. The van der Waals surface area contributed by atoms with Gasteiger partial charge in [0.2, 0.25) is 5.91 Å². The van der Waals surface area contributed by atoms with Gasteiger partial charge in [-0.15, -0.1) is 21.5 Å². The molecule has 0 saturated carbocycles. The Balaban J connectivity index is 1.31. The molecule has 4 rings (SSSR count). The van der Waals surface area contributed by atoms with Crippen molar-refractivity contribution in [2.24, 2.45) is 7.05 Å². The third-order valence-electron chi connectivity index (χ3n) is 5.07. The molecule has 0 aliphatic heterocycles. The normalized spacial score (nSPS) is 11.7. The minimum atomic E-state index is -0.344. The highest BCUT2D eigenvalue weighted by atomic mass is 32.2. The first kappa shape index (κ1) is 23.7. The number of nitrogens with zero attached hydrogens (tertiary/aromatic N) is 4. The molecule has 0 bridgehead atoms. The van der Waals surface area contributed by atoms with E-state index in [1.165, 1.54) is 28.7 Å². The molecule has 34 heavy (non-hydrogen) atoms. The van der Waals surface area contributed by atoms with Gasteiger partial charge < -0.3 is 15.2 Å². The quantitative estimate of drug-likeness (QED) is 0.352. The molecule has 0 saturated heterocycles. The van der Waals surface area contributed by atoms with Gasteiger partial charge in [0.1, 0.15) is 0 Å². The van der Waals surface area contributed by atoms with Crippen molar-refractivity contribution >= 4 is 40.0 Å². The number of benzene rings is 2. The van der Waals surface area contributed by atoms with Crippen LogP contribution in [0.5, 0.6) is 0 Å². The van der Waals surface area contributed by atoms with E-state index in [-0.39, 0.29) is 23.6 Å². The van der Waals surface area contributed by atoms with Gasteiger partial charge in [-0.25, -0.2) is 4.98 Å². The van der Waals surface area contributed by atoms with Gasteiger partial charge in [0, 0.05) is 23.6 Å². The maximum Gasteiger partial charge on any atom is 0.251 e.